The summed E-state index contributed by atoms with van der Waals surface area (Å²) in [4.78, 5) is 14.9. The predicted molar refractivity (Wildman–Crippen MR) is 57.8 cm³/mol. The molecule has 2 nitrogen and oxygen atoms in total. The summed E-state index contributed by atoms with van der Waals surface area (Å²) in [6.07, 6.45) is 7.50. The van der Waals surface area contributed by atoms with Crippen LogP contribution in [0.3, 0.4) is 0 Å². The van der Waals surface area contributed by atoms with Gasteiger partial charge in [-0.25, -0.2) is 0 Å². The van der Waals surface area contributed by atoms with Gasteiger partial charge in [-0.1, -0.05) is 19.4 Å². The lowest BCUT2D eigenvalue weighted by Crippen LogP contribution is -1.87. The fraction of sp³-hybridized carbons (Fsp3) is 0.333. The maximum atomic E-state index is 10.7. The van der Waals surface area contributed by atoms with Gasteiger partial charge < -0.3 is 0 Å². The third-order valence-corrected chi connectivity index (χ3v) is 1.99. The molecule has 0 N–H and O–H groups in total. The molecule has 0 aliphatic carbocycles. The molecule has 2 heteroatoms. The van der Waals surface area contributed by atoms with Crippen molar-refractivity contribution < 1.29 is 4.79 Å². The van der Waals surface area contributed by atoms with Crippen LogP contribution in [0.25, 0.3) is 6.08 Å². The van der Waals surface area contributed by atoms with Crippen molar-refractivity contribution in [2.75, 3.05) is 0 Å². The largest absolute Gasteiger partial charge is 0.298 e. The molecule has 74 valence electrons. The van der Waals surface area contributed by atoms with Crippen molar-refractivity contribution in [3.8, 4) is 0 Å². The van der Waals surface area contributed by atoms with E-state index in [-0.39, 0.29) is 0 Å². The number of hydrogen-bond acceptors (Lipinski definition) is 2. The second-order valence-corrected chi connectivity index (χ2v) is 3.20. The van der Waals surface area contributed by atoms with Crippen LogP contribution in [0.15, 0.2) is 30.0 Å². The Morgan fingerprint density at radius 1 is 1.50 bits per heavy atom. The van der Waals surface area contributed by atoms with Crippen molar-refractivity contribution in [1.29, 1.82) is 0 Å². The molecule has 0 fully saturated rings. The van der Waals surface area contributed by atoms with Crippen LogP contribution in [0.1, 0.15) is 31.9 Å². The van der Waals surface area contributed by atoms with Gasteiger partial charge in [0.05, 0.1) is 5.69 Å². The maximum absolute atomic E-state index is 10.7. The first-order valence-corrected chi connectivity index (χ1v) is 4.93. The van der Waals surface area contributed by atoms with E-state index in [1.54, 1.807) is 6.20 Å². The Hall–Kier alpha value is -1.44. The highest BCUT2D eigenvalue weighted by molar-refractivity contribution is 5.80. The van der Waals surface area contributed by atoms with E-state index in [1.165, 1.54) is 0 Å². The summed E-state index contributed by atoms with van der Waals surface area (Å²) in [6, 6.07) is 5.68. The highest BCUT2D eigenvalue weighted by atomic mass is 16.1. The van der Waals surface area contributed by atoms with Crippen LogP contribution < -0.4 is 0 Å². The highest BCUT2D eigenvalue weighted by Gasteiger charge is 1.95. The van der Waals surface area contributed by atoms with Crippen LogP contribution in [0.4, 0.5) is 0 Å². The molecule has 14 heavy (non-hydrogen) atoms. The van der Waals surface area contributed by atoms with Gasteiger partial charge in [0.25, 0.3) is 0 Å². The fourth-order valence-corrected chi connectivity index (χ4v) is 1.20. The summed E-state index contributed by atoms with van der Waals surface area (Å²) >= 11 is 0. The molecule has 0 radical (unpaired) electrons. The molecule has 1 aromatic rings. The van der Waals surface area contributed by atoms with E-state index >= 15 is 0 Å². The normalized spacial score (nSPS) is 11.4. The first-order valence-electron chi connectivity index (χ1n) is 4.93. The SMILES string of the molecule is CCCC/C(C=O)=C/c1ccccn1. The van der Waals surface area contributed by atoms with Crippen molar-refractivity contribution in [3.63, 3.8) is 0 Å². The zero-order valence-corrected chi connectivity index (χ0v) is 8.44. The zero-order chi connectivity index (χ0) is 10.2. The first kappa shape index (κ1) is 10.6. The summed E-state index contributed by atoms with van der Waals surface area (Å²) in [5.41, 5.74) is 1.68. The number of allylic oxidation sites excluding steroid dienone is 1. The lowest BCUT2D eigenvalue weighted by molar-refractivity contribution is -0.105. The minimum atomic E-state index is 0.825. The molecular formula is C12H15NO. The number of nitrogens with zero attached hydrogens (tertiary/aromatic N) is 1. The minimum Gasteiger partial charge on any atom is -0.298 e. The van der Waals surface area contributed by atoms with Gasteiger partial charge >= 0.3 is 0 Å². The third-order valence-electron chi connectivity index (χ3n) is 1.99. The fourth-order valence-electron chi connectivity index (χ4n) is 1.20. The van der Waals surface area contributed by atoms with Gasteiger partial charge in [-0.3, -0.25) is 9.78 Å². The standard InChI is InChI=1S/C12H15NO/c1-2-3-6-11(10-14)9-12-7-4-5-8-13-12/h4-5,7-10H,2-3,6H2,1H3/b11-9-. The number of hydrogen-bond donors (Lipinski definition) is 0. The van der Waals surface area contributed by atoms with Gasteiger partial charge in [0, 0.05) is 6.20 Å². The van der Waals surface area contributed by atoms with E-state index in [1.807, 2.05) is 24.3 Å². The van der Waals surface area contributed by atoms with Gasteiger partial charge in [0.15, 0.2) is 0 Å². The number of unbranched alkanes of at least 4 members (excludes halogenated alkanes) is 1. The average molecular weight is 189 g/mol. The summed E-state index contributed by atoms with van der Waals surface area (Å²) < 4.78 is 0. The molecule has 0 aromatic carbocycles. The Morgan fingerprint density at radius 2 is 2.36 bits per heavy atom. The predicted octanol–water partition coefficient (Wildman–Crippen LogP) is 2.85. The van der Waals surface area contributed by atoms with E-state index in [4.69, 9.17) is 0 Å². The molecule has 0 amide bonds. The molecule has 0 aliphatic rings. The van der Waals surface area contributed by atoms with E-state index in [0.29, 0.717) is 0 Å². The van der Waals surface area contributed by atoms with Crippen LogP contribution in [0.5, 0.6) is 0 Å². The zero-order valence-electron chi connectivity index (χ0n) is 8.44. The minimum absolute atomic E-state index is 0.825. The molecule has 1 rings (SSSR count). The number of aromatic nitrogens is 1. The highest BCUT2D eigenvalue weighted by Crippen LogP contribution is 2.08. The van der Waals surface area contributed by atoms with Crippen molar-refractivity contribution in [2.45, 2.75) is 26.2 Å². The van der Waals surface area contributed by atoms with Crippen molar-refractivity contribution in [2.24, 2.45) is 0 Å². The smallest absolute Gasteiger partial charge is 0.146 e. The van der Waals surface area contributed by atoms with Crippen LogP contribution in [-0.2, 0) is 4.79 Å². The summed E-state index contributed by atoms with van der Waals surface area (Å²) in [6.45, 7) is 2.11. The van der Waals surface area contributed by atoms with Gasteiger partial charge in [-0.15, -0.1) is 0 Å². The lowest BCUT2D eigenvalue weighted by Gasteiger charge is -1.97. The molecule has 0 spiro atoms. The van der Waals surface area contributed by atoms with Crippen LogP contribution in [0, 0.1) is 0 Å². The Morgan fingerprint density at radius 3 is 2.93 bits per heavy atom. The first-order chi connectivity index (χ1) is 6.86. The quantitative estimate of drug-likeness (QED) is 0.526. The summed E-state index contributed by atoms with van der Waals surface area (Å²) in [5.74, 6) is 0. The maximum Gasteiger partial charge on any atom is 0.146 e. The molecule has 0 saturated carbocycles. The van der Waals surface area contributed by atoms with Crippen molar-refractivity contribution in [1.82, 2.24) is 4.98 Å². The Balaban J connectivity index is 2.68. The Kier molecular flexibility index (Phi) is 4.62. The van der Waals surface area contributed by atoms with Crippen LogP contribution in [-0.4, -0.2) is 11.3 Å². The average Bonchev–Trinajstić information content (AvgIpc) is 2.25. The molecule has 1 aromatic heterocycles. The second-order valence-electron chi connectivity index (χ2n) is 3.20. The molecule has 0 saturated heterocycles. The third kappa shape index (κ3) is 3.52. The molecule has 0 bridgehead atoms. The number of pyridine rings is 1. The van der Waals surface area contributed by atoms with E-state index in [2.05, 4.69) is 11.9 Å². The van der Waals surface area contributed by atoms with Gasteiger partial charge in [-0.2, -0.15) is 0 Å². The number of carbonyl (C=O) groups is 1. The number of rotatable bonds is 5. The van der Waals surface area contributed by atoms with Gasteiger partial charge in [0.2, 0.25) is 0 Å². The molecule has 0 aliphatic heterocycles. The Bertz CT molecular complexity index is 303. The number of aldehydes is 1. The van der Waals surface area contributed by atoms with Gasteiger partial charge in [0.1, 0.15) is 6.29 Å². The van der Waals surface area contributed by atoms with Crippen LogP contribution >= 0.6 is 0 Å². The van der Waals surface area contributed by atoms with E-state index < -0.39 is 0 Å². The van der Waals surface area contributed by atoms with E-state index in [0.717, 1.165) is 36.8 Å². The van der Waals surface area contributed by atoms with Crippen LogP contribution in [0.2, 0.25) is 0 Å². The topological polar surface area (TPSA) is 30.0 Å². The summed E-state index contributed by atoms with van der Waals surface area (Å²) in [7, 11) is 0. The van der Waals surface area contributed by atoms with E-state index in [9.17, 15) is 4.79 Å². The molecule has 1 heterocycles. The lowest BCUT2D eigenvalue weighted by atomic mass is 10.1. The molecule has 0 unspecified atom stereocenters. The van der Waals surface area contributed by atoms with Gasteiger partial charge in [-0.05, 0) is 36.6 Å². The van der Waals surface area contributed by atoms with Crippen molar-refractivity contribution >= 4 is 12.4 Å². The number of carbonyl (C=O) groups excluding carboxylic acids is 1. The van der Waals surface area contributed by atoms with Crippen molar-refractivity contribution in [3.05, 3.63) is 35.7 Å². The molecular weight excluding hydrogens is 174 g/mol. The second kappa shape index (κ2) is 6.08. The monoisotopic (exact) mass is 189 g/mol. The Labute approximate surface area is 84.7 Å². The molecule has 0 atom stereocenters. The summed E-state index contributed by atoms with van der Waals surface area (Å²) in [5, 5.41) is 0.